The molecule has 0 aliphatic carbocycles. The van der Waals surface area contributed by atoms with Crippen LogP contribution in [-0.2, 0) is 4.74 Å². The van der Waals surface area contributed by atoms with Crippen LogP contribution < -0.4 is 0 Å². The number of rotatable bonds is 2. The summed E-state index contributed by atoms with van der Waals surface area (Å²) in [5.74, 6) is 1.00. The van der Waals surface area contributed by atoms with Gasteiger partial charge in [-0.05, 0) is 0 Å². The van der Waals surface area contributed by atoms with E-state index in [2.05, 4.69) is 5.18 Å². The lowest BCUT2D eigenvalue weighted by Crippen LogP contribution is -2.03. The van der Waals surface area contributed by atoms with Crippen molar-refractivity contribution in [3.05, 3.63) is 4.91 Å². The van der Waals surface area contributed by atoms with Gasteiger partial charge in [0.05, 0.1) is 6.61 Å². The molecule has 8 heavy (non-hydrogen) atoms. The number of hydrogen-bond donors (Lipinski definition) is 0. The molecule has 0 N–H and O–H groups in total. The zero-order valence-corrected chi connectivity index (χ0v) is 5.19. The molecule has 0 bridgehead atoms. The lowest BCUT2D eigenvalue weighted by atomic mass is 10.7. The maximum absolute atomic E-state index is 9.62. The largest absolute Gasteiger partial charge is 0.365 e. The van der Waals surface area contributed by atoms with E-state index in [9.17, 15) is 4.91 Å². The number of ether oxygens (including phenoxy) is 1. The van der Waals surface area contributed by atoms with Gasteiger partial charge in [0.25, 0.3) is 0 Å². The molecule has 1 saturated heterocycles. The molecular weight excluding hydrogens is 126 g/mol. The molecule has 46 valence electrons. The van der Waals surface area contributed by atoms with Crippen LogP contribution in [0.3, 0.4) is 0 Å². The van der Waals surface area contributed by atoms with Gasteiger partial charge in [0, 0.05) is 5.75 Å². The Balaban J connectivity index is 2.14. The fourth-order valence-corrected chi connectivity index (χ4v) is 1.39. The maximum Gasteiger partial charge on any atom is 0.126 e. The highest BCUT2D eigenvalue weighted by atomic mass is 32.2. The first-order valence-electron chi connectivity index (χ1n) is 2.46. The third kappa shape index (κ3) is 1.45. The van der Waals surface area contributed by atoms with Crippen LogP contribution in [0.4, 0.5) is 0 Å². The van der Waals surface area contributed by atoms with Crippen LogP contribution in [0.5, 0.6) is 0 Å². The Bertz CT molecular complexity index is 82.1. The summed E-state index contributed by atoms with van der Waals surface area (Å²) in [6.45, 7) is 1.07. The quantitative estimate of drug-likeness (QED) is 0.524. The van der Waals surface area contributed by atoms with Crippen LogP contribution in [0.1, 0.15) is 0 Å². The van der Waals surface area contributed by atoms with Crippen molar-refractivity contribution in [1.29, 1.82) is 0 Å². The lowest BCUT2D eigenvalue weighted by molar-refractivity contribution is 0.149. The van der Waals surface area contributed by atoms with Crippen molar-refractivity contribution in [3.63, 3.8) is 0 Å². The molecule has 0 unspecified atom stereocenters. The second kappa shape index (κ2) is 3.04. The Labute approximate surface area is 51.8 Å². The molecule has 0 aromatic carbocycles. The molecule has 0 radical (unpaired) electrons. The maximum atomic E-state index is 9.62. The average Bonchev–Trinajstić information content (AvgIpc) is 2.19. The highest BCUT2D eigenvalue weighted by molar-refractivity contribution is 8.00. The minimum absolute atomic E-state index is 0.0486. The second-order valence-electron chi connectivity index (χ2n) is 1.48. The van der Waals surface area contributed by atoms with E-state index in [1.165, 1.54) is 0 Å². The van der Waals surface area contributed by atoms with E-state index in [1.807, 2.05) is 0 Å². The van der Waals surface area contributed by atoms with E-state index in [4.69, 9.17) is 4.74 Å². The smallest absolute Gasteiger partial charge is 0.126 e. The van der Waals surface area contributed by atoms with E-state index in [1.54, 1.807) is 11.8 Å². The monoisotopic (exact) mass is 133 g/mol. The molecule has 1 aliphatic heterocycles. The molecule has 1 heterocycles. The first kappa shape index (κ1) is 6.04. The predicted molar refractivity (Wildman–Crippen MR) is 32.9 cm³/mol. The van der Waals surface area contributed by atoms with Gasteiger partial charge >= 0.3 is 0 Å². The van der Waals surface area contributed by atoms with Crippen LogP contribution in [0.25, 0.3) is 0 Å². The number of thioether (sulfide) groups is 1. The van der Waals surface area contributed by atoms with Crippen molar-refractivity contribution in [3.8, 4) is 0 Å². The van der Waals surface area contributed by atoms with Crippen molar-refractivity contribution in [2.75, 3.05) is 18.9 Å². The van der Waals surface area contributed by atoms with Gasteiger partial charge in [0.1, 0.15) is 12.0 Å². The summed E-state index contributed by atoms with van der Waals surface area (Å²) in [6.07, 6.45) is 0. The van der Waals surface area contributed by atoms with Gasteiger partial charge in [-0.3, -0.25) is 0 Å². The van der Waals surface area contributed by atoms with E-state index in [-0.39, 0.29) is 5.44 Å². The first-order valence-corrected chi connectivity index (χ1v) is 3.50. The Kier molecular flexibility index (Phi) is 2.29. The Morgan fingerprint density at radius 3 is 3.25 bits per heavy atom. The summed E-state index contributed by atoms with van der Waals surface area (Å²) >= 11 is 1.65. The van der Waals surface area contributed by atoms with Crippen molar-refractivity contribution in [2.24, 2.45) is 5.18 Å². The summed E-state index contributed by atoms with van der Waals surface area (Å²) in [5, 5.41) is 2.72. The van der Waals surface area contributed by atoms with Crippen LogP contribution in [0.15, 0.2) is 5.18 Å². The summed E-state index contributed by atoms with van der Waals surface area (Å²) in [7, 11) is 0. The molecule has 0 amide bonds. The van der Waals surface area contributed by atoms with Crippen molar-refractivity contribution in [2.45, 2.75) is 5.44 Å². The normalized spacial score (nSPS) is 28.2. The van der Waals surface area contributed by atoms with Gasteiger partial charge < -0.3 is 4.74 Å². The van der Waals surface area contributed by atoms with Gasteiger partial charge in [-0.1, -0.05) is 5.18 Å². The standard InChI is InChI=1S/C4H7NO2S/c6-5-3-4-7-1-2-8-4/h4H,1-3H2/t4-/m0/s1. The molecule has 3 nitrogen and oxygen atoms in total. The van der Waals surface area contributed by atoms with E-state index < -0.39 is 0 Å². The number of nitroso groups, excluding NO2 is 1. The molecule has 1 aliphatic rings. The van der Waals surface area contributed by atoms with Gasteiger partial charge in [-0.25, -0.2) is 0 Å². The topological polar surface area (TPSA) is 38.7 Å². The minimum atomic E-state index is 0.0486. The van der Waals surface area contributed by atoms with Crippen molar-refractivity contribution in [1.82, 2.24) is 0 Å². The van der Waals surface area contributed by atoms with Gasteiger partial charge in [0.2, 0.25) is 0 Å². The molecule has 0 spiro atoms. The zero-order chi connectivity index (χ0) is 5.82. The lowest BCUT2D eigenvalue weighted by Gasteiger charge is -1.98. The fraction of sp³-hybridized carbons (Fsp3) is 1.00. The fourth-order valence-electron chi connectivity index (χ4n) is 0.573. The average molecular weight is 133 g/mol. The van der Waals surface area contributed by atoms with Crippen molar-refractivity contribution >= 4 is 11.8 Å². The predicted octanol–water partition coefficient (Wildman–Crippen LogP) is 0.842. The van der Waals surface area contributed by atoms with Crippen LogP contribution in [0.2, 0.25) is 0 Å². The van der Waals surface area contributed by atoms with E-state index in [0.29, 0.717) is 6.54 Å². The van der Waals surface area contributed by atoms with E-state index in [0.717, 1.165) is 12.4 Å². The van der Waals surface area contributed by atoms with Gasteiger partial charge in [-0.2, -0.15) is 4.91 Å². The molecule has 1 fully saturated rings. The SMILES string of the molecule is O=NC[C@H]1OCCS1. The highest BCUT2D eigenvalue weighted by Gasteiger charge is 2.14. The summed E-state index contributed by atoms with van der Waals surface area (Å²) in [4.78, 5) is 9.62. The van der Waals surface area contributed by atoms with Crippen molar-refractivity contribution < 1.29 is 4.74 Å². The van der Waals surface area contributed by atoms with Crippen LogP contribution in [0, 0.1) is 4.91 Å². The molecule has 4 heteroatoms. The summed E-state index contributed by atoms with van der Waals surface area (Å²) in [5.41, 5.74) is 0.0486. The third-order valence-corrected chi connectivity index (χ3v) is 1.97. The molecule has 0 aromatic rings. The van der Waals surface area contributed by atoms with Crippen LogP contribution in [-0.4, -0.2) is 24.3 Å². The third-order valence-electron chi connectivity index (χ3n) is 0.914. The minimum Gasteiger partial charge on any atom is -0.365 e. The summed E-state index contributed by atoms with van der Waals surface area (Å²) < 4.78 is 5.06. The molecule has 1 atom stereocenters. The highest BCUT2D eigenvalue weighted by Crippen LogP contribution is 2.18. The summed E-state index contributed by atoms with van der Waals surface area (Å²) in [6, 6.07) is 0. The molecule has 0 saturated carbocycles. The Morgan fingerprint density at radius 1 is 1.88 bits per heavy atom. The Morgan fingerprint density at radius 2 is 2.75 bits per heavy atom. The molecule has 1 rings (SSSR count). The zero-order valence-electron chi connectivity index (χ0n) is 4.37. The number of hydrogen-bond acceptors (Lipinski definition) is 4. The second-order valence-corrected chi connectivity index (χ2v) is 2.75. The number of nitrogens with zero attached hydrogens (tertiary/aromatic N) is 1. The van der Waals surface area contributed by atoms with Gasteiger partial charge in [-0.15, -0.1) is 11.8 Å². The molecule has 0 aromatic heterocycles. The van der Waals surface area contributed by atoms with E-state index >= 15 is 0 Å². The van der Waals surface area contributed by atoms with Gasteiger partial charge in [0.15, 0.2) is 0 Å². The molecular formula is C4H7NO2S. The van der Waals surface area contributed by atoms with Crippen LogP contribution >= 0.6 is 11.8 Å². The first-order chi connectivity index (χ1) is 3.93. The Hall–Kier alpha value is -0.0900.